The minimum absolute atomic E-state index is 0.252. The number of amides is 1. The number of nitrogens with zero attached hydrogens (tertiary/aromatic N) is 2. The standard InChI is InChI=1S/C15H19FN2O2/c1-10-12(16)2-3-13(17-10)11-8-15(9-11)4-6-18(7-5-15)14(19)20/h2-3,11H,4-9H2,1H3,(H,19,20). The largest absolute Gasteiger partial charge is 0.465 e. The first-order valence-electron chi connectivity index (χ1n) is 7.10. The number of likely N-dealkylation sites (tertiary alicyclic amines) is 1. The van der Waals surface area contributed by atoms with Crippen molar-refractivity contribution in [3.05, 3.63) is 29.3 Å². The van der Waals surface area contributed by atoms with E-state index in [1.165, 1.54) is 11.0 Å². The third-order valence-corrected chi connectivity index (χ3v) is 4.91. The Kier molecular flexibility index (Phi) is 3.15. The van der Waals surface area contributed by atoms with Gasteiger partial charge in [-0.25, -0.2) is 9.18 Å². The molecule has 1 aromatic heterocycles. The number of aryl methyl sites for hydroxylation is 1. The van der Waals surface area contributed by atoms with Gasteiger partial charge in [-0.3, -0.25) is 4.98 Å². The SMILES string of the molecule is Cc1nc(C2CC3(CCN(C(=O)O)CC3)C2)ccc1F. The van der Waals surface area contributed by atoms with E-state index in [0.29, 0.717) is 30.1 Å². The van der Waals surface area contributed by atoms with Crippen LogP contribution in [0.2, 0.25) is 0 Å². The molecule has 1 saturated carbocycles. The van der Waals surface area contributed by atoms with Crippen molar-refractivity contribution in [2.24, 2.45) is 5.41 Å². The molecule has 0 atom stereocenters. The van der Waals surface area contributed by atoms with Gasteiger partial charge in [0.05, 0.1) is 5.69 Å². The molecule has 108 valence electrons. The number of hydrogen-bond donors (Lipinski definition) is 1. The van der Waals surface area contributed by atoms with Crippen LogP contribution in [-0.2, 0) is 0 Å². The second kappa shape index (κ2) is 4.72. The fraction of sp³-hybridized carbons (Fsp3) is 0.600. The molecule has 3 rings (SSSR count). The molecule has 0 radical (unpaired) electrons. The summed E-state index contributed by atoms with van der Waals surface area (Å²) < 4.78 is 13.2. The van der Waals surface area contributed by atoms with Crippen LogP contribution in [0.3, 0.4) is 0 Å². The Morgan fingerprint density at radius 1 is 1.40 bits per heavy atom. The minimum atomic E-state index is -0.813. The summed E-state index contributed by atoms with van der Waals surface area (Å²) in [5.74, 6) is 0.156. The van der Waals surface area contributed by atoms with E-state index in [1.54, 1.807) is 13.0 Å². The molecule has 1 aliphatic carbocycles. The molecule has 1 amide bonds. The predicted octanol–water partition coefficient (Wildman–Crippen LogP) is 3.17. The highest BCUT2D eigenvalue weighted by molar-refractivity contribution is 5.65. The summed E-state index contributed by atoms with van der Waals surface area (Å²) in [4.78, 5) is 16.7. The Morgan fingerprint density at radius 3 is 2.60 bits per heavy atom. The number of piperidine rings is 1. The molecule has 20 heavy (non-hydrogen) atoms. The maximum Gasteiger partial charge on any atom is 0.407 e. The van der Waals surface area contributed by atoms with Crippen LogP contribution in [0.4, 0.5) is 9.18 Å². The van der Waals surface area contributed by atoms with Gasteiger partial charge in [-0.2, -0.15) is 0 Å². The van der Waals surface area contributed by atoms with Gasteiger partial charge in [0.25, 0.3) is 0 Å². The van der Waals surface area contributed by atoms with Crippen molar-refractivity contribution in [1.29, 1.82) is 0 Å². The van der Waals surface area contributed by atoms with Crippen molar-refractivity contribution >= 4 is 6.09 Å². The quantitative estimate of drug-likeness (QED) is 0.858. The summed E-state index contributed by atoms with van der Waals surface area (Å²) in [6.45, 7) is 2.97. The van der Waals surface area contributed by atoms with E-state index in [-0.39, 0.29) is 5.82 Å². The van der Waals surface area contributed by atoms with E-state index in [4.69, 9.17) is 5.11 Å². The van der Waals surface area contributed by atoms with E-state index in [9.17, 15) is 9.18 Å². The van der Waals surface area contributed by atoms with E-state index in [2.05, 4.69) is 4.98 Å². The van der Waals surface area contributed by atoms with Gasteiger partial charge in [-0.05, 0) is 50.2 Å². The summed E-state index contributed by atoms with van der Waals surface area (Å²) in [6.07, 6.45) is 3.18. The van der Waals surface area contributed by atoms with Gasteiger partial charge in [0.15, 0.2) is 0 Å². The maximum absolute atomic E-state index is 13.2. The Bertz CT molecular complexity index is 531. The van der Waals surface area contributed by atoms with Gasteiger partial charge in [0.1, 0.15) is 5.82 Å². The van der Waals surface area contributed by atoms with Crippen LogP contribution in [-0.4, -0.2) is 34.2 Å². The molecule has 1 spiro atoms. The molecule has 1 aliphatic heterocycles. The highest BCUT2D eigenvalue weighted by Gasteiger charge is 2.47. The molecular formula is C15H19FN2O2. The van der Waals surface area contributed by atoms with Crippen LogP contribution in [0.1, 0.15) is 43.0 Å². The molecule has 4 nitrogen and oxygen atoms in total. The zero-order chi connectivity index (χ0) is 14.3. The fourth-order valence-electron chi connectivity index (χ4n) is 3.57. The molecule has 0 aromatic carbocycles. The van der Waals surface area contributed by atoms with Crippen molar-refractivity contribution in [2.75, 3.05) is 13.1 Å². The first-order chi connectivity index (χ1) is 9.49. The molecule has 2 heterocycles. The second-order valence-corrected chi connectivity index (χ2v) is 6.18. The Balaban J connectivity index is 1.61. The lowest BCUT2D eigenvalue weighted by atomic mass is 9.57. The summed E-state index contributed by atoms with van der Waals surface area (Å²) >= 11 is 0. The van der Waals surface area contributed by atoms with Crippen LogP contribution < -0.4 is 0 Å². The third-order valence-electron chi connectivity index (χ3n) is 4.91. The molecule has 1 aromatic rings. The number of pyridine rings is 1. The Hall–Kier alpha value is -1.65. The first-order valence-corrected chi connectivity index (χ1v) is 7.10. The van der Waals surface area contributed by atoms with Crippen LogP contribution >= 0.6 is 0 Å². The zero-order valence-corrected chi connectivity index (χ0v) is 11.6. The van der Waals surface area contributed by atoms with Crippen molar-refractivity contribution in [3.63, 3.8) is 0 Å². The summed E-state index contributed by atoms with van der Waals surface area (Å²) in [6, 6.07) is 3.28. The van der Waals surface area contributed by atoms with E-state index >= 15 is 0 Å². The number of halogens is 1. The Labute approximate surface area is 117 Å². The topological polar surface area (TPSA) is 53.4 Å². The summed E-state index contributed by atoms with van der Waals surface area (Å²) in [5.41, 5.74) is 1.74. The molecule has 1 saturated heterocycles. The van der Waals surface area contributed by atoms with E-state index in [0.717, 1.165) is 31.4 Å². The van der Waals surface area contributed by atoms with Crippen LogP contribution in [0.25, 0.3) is 0 Å². The number of rotatable bonds is 1. The van der Waals surface area contributed by atoms with Crippen LogP contribution in [0.5, 0.6) is 0 Å². The van der Waals surface area contributed by atoms with E-state index in [1.807, 2.05) is 0 Å². The zero-order valence-electron chi connectivity index (χ0n) is 11.6. The highest BCUT2D eigenvalue weighted by Crippen LogP contribution is 2.56. The number of hydrogen-bond acceptors (Lipinski definition) is 2. The molecule has 0 bridgehead atoms. The van der Waals surface area contributed by atoms with Crippen molar-refractivity contribution < 1.29 is 14.3 Å². The molecule has 2 aliphatic rings. The Morgan fingerprint density at radius 2 is 2.05 bits per heavy atom. The minimum Gasteiger partial charge on any atom is -0.465 e. The number of aromatic nitrogens is 1. The molecule has 0 unspecified atom stereocenters. The first kappa shape index (κ1) is 13.3. The van der Waals surface area contributed by atoms with Crippen molar-refractivity contribution in [1.82, 2.24) is 9.88 Å². The van der Waals surface area contributed by atoms with E-state index < -0.39 is 6.09 Å². The van der Waals surface area contributed by atoms with Crippen molar-refractivity contribution in [2.45, 2.75) is 38.5 Å². The second-order valence-electron chi connectivity index (χ2n) is 6.18. The normalized spacial score (nSPS) is 21.8. The third kappa shape index (κ3) is 2.25. The average molecular weight is 278 g/mol. The van der Waals surface area contributed by atoms with Gasteiger partial charge >= 0.3 is 6.09 Å². The van der Waals surface area contributed by atoms with Gasteiger partial charge in [-0.1, -0.05) is 0 Å². The van der Waals surface area contributed by atoms with Gasteiger partial charge in [0.2, 0.25) is 0 Å². The summed E-state index contributed by atoms with van der Waals surface area (Å²) in [7, 11) is 0. The number of carbonyl (C=O) groups is 1. The maximum atomic E-state index is 13.2. The molecule has 5 heteroatoms. The van der Waals surface area contributed by atoms with Crippen molar-refractivity contribution in [3.8, 4) is 0 Å². The lowest BCUT2D eigenvalue weighted by Gasteiger charge is -2.51. The van der Waals surface area contributed by atoms with Gasteiger partial charge < -0.3 is 10.0 Å². The monoisotopic (exact) mass is 278 g/mol. The van der Waals surface area contributed by atoms with Gasteiger partial charge in [-0.15, -0.1) is 0 Å². The fourth-order valence-corrected chi connectivity index (χ4v) is 3.57. The predicted molar refractivity (Wildman–Crippen MR) is 72.2 cm³/mol. The molecule has 2 fully saturated rings. The lowest BCUT2D eigenvalue weighted by Crippen LogP contribution is -2.47. The highest BCUT2D eigenvalue weighted by atomic mass is 19.1. The van der Waals surface area contributed by atoms with Gasteiger partial charge in [0, 0.05) is 24.7 Å². The number of carboxylic acid groups (broad SMARTS) is 1. The van der Waals surface area contributed by atoms with Crippen LogP contribution in [0.15, 0.2) is 12.1 Å². The average Bonchev–Trinajstić information content (AvgIpc) is 2.39. The smallest absolute Gasteiger partial charge is 0.407 e. The van der Waals surface area contributed by atoms with Crippen LogP contribution in [0, 0.1) is 18.2 Å². The molecular weight excluding hydrogens is 259 g/mol. The molecule has 1 N–H and O–H groups in total. The lowest BCUT2D eigenvalue weighted by molar-refractivity contribution is 0.0177. The summed E-state index contributed by atoms with van der Waals surface area (Å²) in [5, 5.41) is 8.97.